The monoisotopic (exact) mass is 314 g/mol. The molecule has 6 nitrogen and oxygen atoms in total. The molecule has 0 saturated heterocycles. The molecular formula is C14H26N4O2S. The molecule has 0 aliphatic carbocycles. The number of ether oxygens (including phenoxy) is 1. The summed E-state index contributed by atoms with van der Waals surface area (Å²) in [4.78, 5) is 14.1. The minimum atomic E-state index is -0.445. The highest BCUT2D eigenvalue weighted by Crippen LogP contribution is 2.28. The zero-order valence-corrected chi connectivity index (χ0v) is 14.1. The molecule has 0 spiro atoms. The van der Waals surface area contributed by atoms with E-state index in [1.54, 1.807) is 0 Å². The van der Waals surface area contributed by atoms with Crippen molar-refractivity contribution < 1.29 is 9.53 Å². The average Bonchev–Trinajstić information content (AvgIpc) is 2.83. The van der Waals surface area contributed by atoms with Crippen LogP contribution < -0.4 is 11.1 Å². The van der Waals surface area contributed by atoms with E-state index in [0.29, 0.717) is 10.6 Å². The lowest BCUT2D eigenvalue weighted by Gasteiger charge is -2.20. The molecule has 21 heavy (non-hydrogen) atoms. The van der Waals surface area contributed by atoms with Crippen molar-refractivity contribution in [2.75, 3.05) is 37.8 Å². The standard InChI is InChI=1S/C14H26N4O2S/c1-5-18(6-2)9-7-8-10(3)16-13-11(14(19)20-4)12(15)17-21-13/h10,16H,5-9H2,1-4H3,(H2,15,17). The van der Waals surface area contributed by atoms with Gasteiger partial charge in [-0.05, 0) is 50.9 Å². The zero-order chi connectivity index (χ0) is 15.8. The molecule has 3 N–H and O–H groups in total. The van der Waals surface area contributed by atoms with Crippen LogP contribution in [0.4, 0.5) is 10.8 Å². The highest BCUT2D eigenvalue weighted by molar-refractivity contribution is 7.11. The van der Waals surface area contributed by atoms with Gasteiger partial charge in [0, 0.05) is 6.04 Å². The fourth-order valence-electron chi connectivity index (χ4n) is 2.16. The van der Waals surface area contributed by atoms with Crippen molar-refractivity contribution in [2.45, 2.75) is 39.7 Å². The Morgan fingerprint density at radius 2 is 2.14 bits per heavy atom. The van der Waals surface area contributed by atoms with Crippen LogP contribution in [-0.4, -0.2) is 48.0 Å². The molecule has 1 heterocycles. The number of nitrogens with one attached hydrogen (secondary N) is 1. The van der Waals surface area contributed by atoms with Gasteiger partial charge in [-0.1, -0.05) is 13.8 Å². The molecule has 1 unspecified atom stereocenters. The van der Waals surface area contributed by atoms with Crippen LogP contribution >= 0.6 is 11.5 Å². The van der Waals surface area contributed by atoms with Gasteiger partial charge in [-0.15, -0.1) is 0 Å². The molecule has 0 saturated carbocycles. The number of hydrogen-bond acceptors (Lipinski definition) is 7. The normalized spacial score (nSPS) is 12.4. The van der Waals surface area contributed by atoms with Gasteiger partial charge >= 0.3 is 5.97 Å². The minimum absolute atomic E-state index is 0.227. The van der Waals surface area contributed by atoms with E-state index in [9.17, 15) is 4.79 Å². The van der Waals surface area contributed by atoms with Gasteiger partial charge in [0.1, 0.15) is 10.6 Å². The van der Waals surface area contributed by atoms with Crippen molar-refractivity contribution >= 4 is 28.3 Å². The maximum absolute atomic E-state index is 11.7. The molecule has 1 rings (SSSR count). The maximum atomic E-state index is 11.7. The van der Waals surface area contributed by atoms with Crippen molar-refractivity contribution in [1.82, 2.24) is 9.27 Å². The number of nitrogen functional groups attached to an aromatic ring is 1. The molecule has 1 atom stereocenters. The second-order valence-corrected chi connectivity index (χ2v) is 5.75. The van der Waals surface area contributed by atoms with E-state index < -0.39 is 5.97 Å². The summed E-state index contributed by atoms with van der Waals surface area (Å²) in [5.41, 5.74) is 6.07. The lowest BCUT2D eigenvalue weighted by atomic mass is 10.1. The van der Waals surface area contributed by atoms with Gasteiger partial charge in [0.05, 0.1) is 7.11 Å². The first kappa shape index (κ1) is 17.7. The van der Waals surface area contributed by atoms with Crippen LogP contribution in [0.2, 0.25) is 0 Å². The highest BCUT2D eigenvalue weighted by Gasteiger charge is 2.20. The number of anilines is 2. The van der Waals surface area contributed by atoms with Gasteiger partial charge in [0.15, 0.2) is 5.82 Å². The summed E-state index contributed by atoms with van der Waals surface area (Å²) in [6.07, 6.45) is 2.13. The second-order valence-electron chi connectivity index (χ2n) is 4.98. The number of nitrogens with zero attached hydrogens (tertiary/aromatic N) is 2. The van der Waals surface area contributed by atoms with Crippen LogP contribution in [0.25, 0.3) is 0 Å². The largest absolute Gasteiger partial charge is 0.465 e. The number of hydrogen-bond donors (Lipinski definition) is 2. The summed E-state index contributed by atoms with van der Waals surface area (Å²) in [6.45, 7) is 9.70. The molecule has 0 aliphatic heterocycles. The minimum Gasteiger partial charge on any atom is -0.465 e. The third-order valence-corrected chi connectivity index (χ3v) is 4.28. The topological polar surface area (TPSA) is 80.5 Å². The number of nitrogens with two attached hydrogens (primary N) is 1. The van der Waals surface area contributed by atoms with Gasteiger partial charge in [-0.25, -0.2) is 4.79 Å². The molecule has 0 radical (unpaired) electrons. The Hall–Kier alpha value is -1.34. The molecule has 1 aromatic heterocycles. The first-order chi connectivity index (χ1) is 10.0. The van der Waals surface area contributed by atoms with E-state index in [4.69, 9.17) is 10.5 Å². The third-order valence-electron chi connectivity index (χ3n) is 3.49. The number of esters is 1. The molecule has 0 fully saturated rings. The number of carbonyl (C=O) groups is 1. The molecule has 1 aromatic rings. The number of aromatic nitrogens is 1. The number of carbonyl (C=O) groups excluding carboxylic acids is 1. The Morgan fingerprint density at radius 3 is 2.71 bits per heavy atom. The quantitative estimate of drug-likeness (QED) is 0.681. The van der Waals surface area contributed by atoms with Crippen LogP contribution in [0.15, 0.2) is 0 Å². The predicted molar refractivity (Wildman–Crippen MR) is 88.0 cm³/mol. The molecular weight excluding hydrogens is 288 g/mol. The Bertz CT molecular complexity index is 446. The first-order valence-electron chi connectivity index (χ1n) is 7.35. The van der Waals surface area contributed by atoms with Crippen molar-refractivity contribution in [1.29, 1.82) is 0 Å². The van der Waals surface area contributed by atoms with Gasteiger partial charge < -0.3 is 20.7 Å². The van der Waals surface area contributed by atoms with Crippen molar-refractivity contribution in [3.63, 3.8) is 0 Å². The summed E-state index contributed by atoms with van der Waals surface area (Å²) in [5, 5.41) is 4.00. The summed E-state index contributed by atoms with van der Waals surface area (Å²) < 4.78 is 8.76. The number of rotatable bonds is 9. The van der Waals surface area contributed by atoms with Crippen LogP contribution in [0.5, 0.6) is 0 Å². The van der Waals surface area contributed by atoms with Crippen molar-refractivity contribution in [3.8, 4) is 0 Å². The summed E-state index contributed by atoms with van der Waals surface area (Å²) in [6, 6.07) is 0.254. The molecule has 7 heteroatoms. The predicted octanol–water partition coefficient (Wildman–Crippen LogP) is 2.43. The van der Waals surface area contributed by atoms with Crippen LogP contribution in [0.3, 0.4) is 0 Å². The Labute approximate surface area is 130 Å². The smallest absolute Gasteiger partial charge is 0.344 e. The molecule has 0 aliphatic rings. The van der Waals surface area contributed by atoms with Crippen LogP contribution in [-0.2, 0) is 4.74 Å². The van der Waals surface area contributed by atoms with Crippen LogP contribution in [0.1, 0.15) is 44.0 Å². The SMILES string of the molecule is CCN(CC)CCCC(C)Nc1snc(N)c1C(=O)OC. The second kappa shape index (κ2) is 8.84. The lowest BCUT2D eigenvalue weighted by Crippen LogP contribution is -2.25. The number of methoxy groups -OCH3 is 1. The Morgan fingerprint density at radius 1 is 1.48 bits per heavy atom. The summed E-state index contributed by atoms with van der Waals surface area (Å²) in [7, 11) is 1.34. The van der Waals surface area contributed by atoms with Gasteiger partial charge in [-0.2, -0.15) is 4.37 Å². The summed E-state index contributed by atoms with van der Waals surface area (Å²) >= 11 is 1.20. The van der Waals surface area contributed by atoms with Crippen LogP contribution in [0, 0.1) is 0 Å². The Balaban J connectivity index is 2.52. The highest BCUT2D eigenvalue weighted by atomic mass is 32.1. The van der Waals surface area contributed by atoms with E-state index in [0.717, 1.165) is 32.5 Å². The van der Waals surface area contributed by atoms with E-state index in [1.807, 2.05) is 0 Å². The third kappa shape index (κ3) is 5.17. The molecule has 0 bridgehead atoms. The van der Waals surface area contributed by atoms with E-state index in [-0.39, 0.29) is 11.9 Å². The average molecular weight is 314 g/mol. The molecule has 0 amide bonds. The fraction of sp³-hybridized carbons (Fsp3) is 0.714. The zero-order valence-electron chi connectivity index (χ0n) is 13.3. The van der Waals surface area contributed by atoms with Gasteiger partial charge in [0.25, 0.3) is 0 Å². The van der Waals surface area contributed by atoms with Crippen molar-refractivity contribution in [3.05, 3.63) is 5.56 Å². The Kier molecular flexibility index (Phi) is 7.45. The fourth-order valence-corrected chi connectivity index (χ4v) is 2.97. The molecule has 120 valence electrons. The lowest BCUT2D eigenvalue weighted by molar-refractivity contribution is 0.0603. The van der Waals surface area contributed by atoms with Gasteiger partial charge in [-0.3, -0.25) is 0 Å². The van der Waals surface area contributed by atoms with E-state index >= 15 is 0 Å². The summed E-state index contributed by atoms with van der Waals surface area (Å²) in [5.74, 6) is -0.219. The van der Waals surface area contributed by atoms with E-state index in [2.05, 4.69) is 35.4 Å². The maximum Gasteiger partial charge on any atom is 0.344 e. The molecule has 0 aromatic carbocycles. The van der Waals surface area contributed by atoms with E-state index in [1.165, 1.54) is 18.6 Å². The van der Waals surface area contributed by atoms with Crippen molar-refractivity contribution in [2.24, 2.45) is 0 Å². The van der Waals surface area contributed by atoms with Gasteiger partial charge in [0.2, 0.25) is 0 Å². The first-order valence-corrected chi connectivity index (χ1v) is 8.13.